The maximum absolute atomic E-state index is 5.41. The molecule has 5 heteroatoms. The molecule has 1 saturated heterocycles. The van der Waals surface area contributed by atoms with E-state index in [2.05, 4.69) is 27.5 Å². The number of aryl methyl sites for hydroxylation is 1. The van der Waals surface area contributed by atoms with Gasteiger partial charge in [0.1, 0.15) is 5.82 Å². The van der Waals surface area contributed by atoms with Crippen molar-refractivity contribution < 1.29 is 4.74 Å². The van der Waals surface area contributed by atoms with Gasteiger partial charge >= 0.3 is 0 Å². The topological polar surface area (TPSA) is 59.1 Å². The monoisotopic (exact) mass is 264 g/mol. The van der Waals surface area contributed by atoms with Gasteiger partial charge in [0.25, 0.3) is 0 Å². The third-order valence-electron chi connectivity index (χ3n) is 3.64. The lowest BCUT2D eigenvalue weighted by Gasteiger charge is -2.29. The molecular formula is C14H24N4O. The number of nitrogens with zero attached hydrogens (tertiary/aromatic N) is 2. The Hall–Kier alpha value is -1.36. The molecular weight excluding hydrogens is 240 g/mol. The van der Waals surface area contributed by atoms with E-state index >= 15 is 0 Å². The predicted molar refractivity (Wildman–Crippen MR) is 77.6 cm³/mol. The molecule has 0 aliphatic carbocycles. The summed E-state index contributed by atoms with van der Waals surface area (Å²) >= 11 is 0. The number of hydrogen-bond donors (Lipinski definition) is 2. The van der Waals surface area contributed by atoms with E-state index in [0.29, 0.717) is 17.9 Å². The highest BCUT2D eigenvalue weighted by Gasteiger charge is 2.21. The van der Waals surface area contributed by atoms with Gasteiger partial charge in [0.2, 0.25) is 5.95 Å². The molecule has 0 aromatic carbocycles. The van der Waals surface area contributed by atoms with Crippen LogP contribution in [0.15, 0.2) is 6.20 Å². The second-order valence-electron chi connectivity index (χ2n) is 5.14. The molecule has 0 amide bonds. The summed E-state index contributed by atoms with van der Waals surface area (Å²) in [5.74, 6) is 2.28. The van der Waals surface area contributed by atoms with Gasteiger partial charge in [-0.1, -0.05) is 0 Å². The first kappa shape index (κ1) is 14.1. The molecule has 0 radical (unpaired) electrons. The van der Waals surface area contributed by atoms with Crippen LogP contribution in [0.1, 0.15) is 32.3 Å². The van der Waals surface area contributed by atoms with Gasteiger partial charge in [0, 0.05) is 37.6 Å². The van der Waals surface area contributed by atoms with Crippen LogP contribution in [-0.2, 0) is 4.74 Å². The lowest BCUT2D eigenvalue weighted by atomic mass is 9.93. The van der Waals surface area contributed by atoms with Gasteiger partial charge in [-0.15, -0.1) is 0 Å². The summed E-state index contributed by atoms with van der Waals surface area (Å²) < 4.78 is 5.41. The Morgan fingerprint density at radius 2 is 2.16 bits per heavy atom. The van der Waals surface area contributed by atoms with Crippen molar-refractivity contribution in [1.82, 2.24) is 9.97 Å². The van der Waals surface area contributed by atoms with Gasteiger partial charge < -0.3 is 15.4 Å². The van der Waals surface area contributed by atoms with Crippen molar-refractivity contribution in [3.05, 3.63) is 11.8 Å². The number of nitrogens with one attached hydrogen (secondary N) is 2. The lowest BCUT2D eigenvalue weighted by molar-refractivity contribution is 0.0622. The molecule has 5 nitrogen and oxygen atoms in total. The highest BCUT2D eigenvalue weighted by Crippen LogP contribution is 2.22. The van der Waals surface area contributed by atoms with Gasteiger partial charge in [-0.25, -0.2) is 4.98 Å². The van der Waals surface area contributed by atoms with E-state index in [0.717, 1.165) is 44.0 Å². The van der Waals surface area contributed by atoms with Crippen LogP contribution in [0.25, 0.3) is 0 Å². The van der Waals surface area contributed by atoms with Gasteiger partial charge in [0.05, 0.1) is 0 Å². The molecule has 1 unspecified atom stereocenters. The zero-order valence-electron chi connectivity index (χ0n) is 12.1. The van der Waals surface area contributed by atoms with E-state index < -0.39 is 0 Å². The molecule has 1 fully saturated rings. The first-order chi connectivity index (χ1) is 9.20. The number of ether oxygens (including phenoxy) is 1. The largest absolute Gasteiger partial charge is 0.381 e. The zero-order valence-corrected chi connectivity index (χ0v) is 12.1. The molecule has 19 heavy (non-hydrogen) atoms. The third kappa shape index (κ3) is 3.80. The van der Waals surface area contributed by atoms with Crippen LogP contribution in [0, 0.1) is 12.8 Å². The Morgan fingerprint density at radius 1 is 1.42 bits per heavy atom. The van der Waals surface area contributed by atoms with Crippen LogP contribution in [0.3, 0.4) is 0 Å². The molecule has 1 aromatic heterocycles. The Labute approximate surface area is 115 Å². The first-order valence-electron chi connectivity index (χ1n) is 7.12. The predicted octanol–water partition coefficient (Wildman–Crippen LogP) is 2.44. The summed E-state index contributed by atoms with van der Waals surface area (Å²) in [7, 11) is 0. The van der Waals surface area contributed by atoms with Crippen molar-refractivity contribution in [2.45, 2.75) is 39.7 Å². The summed E-state index contributed by atoms with van der Waals surface area (Å²) in [6.45, 7) is 8.89. The molecule has 2 rings (SSSR count). The minimum atomic E-state index is 0.409. The van der Waals surface area contributed by atoms with Crippen molar-refractivity contribution in [3.8, 4) is 0 Å². The SMILES string of the molecule is CCNc1ncc(C)c(NC(C)C2CCOCC2)n1. The lowest BCUT2D eigenvalue weighted by Crippen LogP contribution is -2.31. The highest BCUT2D eigenvalue weighted by molar-refractivity contribution is 5.47. The Balaban J connectivity index is 2.02. The zero-order chi connectivity index (χ0) is 13.7. The van der Waals surface area contributed by atoms with Gasteiger partial charge in [0.15, 0.2) is 0 Å². The standard InChI is InChI=1S/C14H24N4O/c1-4-15-14-16-9-10(2)13(18-14)17-11(3)12-5-7-19-8-6-12/h9,11-12H,4-8H2,1-3H3,(H2,15,16,17,18). The number of hydrogen-bond acceptors (Lipinski definition) is 5. The molecule has 1 aliphatic heterocycles. The molecule has 2 heterocycles. The third-order valence-corrected chi connectivity index (χ3v) is 3.64. The van der Waals surface area contributed by atoms with Crippen LogP contribution in [0.5, 0.6) is 0 Å². The fourth-order valence-corrected chi connectivity index (χ4v) is 2.38. The molecule has 0 saturated carbocycles. The molecule has 0 spiro atoms. The summed E-state index contributed by atoms with van der Waals surface area (Å²) in [6, 6.07) is 0.409. The quantitative estimate of drug-likeness (QED) is 0.855. The van der Waals surface area contributed by atoms with Gasteiger partial charge in [-0.05, 0) is 39.5 Å². The fraction of sp³-hybridized carbons (Fsp3) is 0.714. The first-order valence-corrected chi connectivity index (χ1v) is 7.12. The average Bonchev–Trinajstić information content (AvgIpc) is 2.44. The second kappa shape index (κ2) is 6.70. The summed E-state index contributed by atoms with van der Waals surface area (Å²) in [5, 5.41) is 6.68. The Kier molecular flexibility index (Phi) is 4.96. The number of anilines is 2. The second-order valence-corrected chi connectivity index (χ2v) is 5.14. The smallest absolute Gasteiger partial charge is 0.224 e. The molecule has 0 bridgehead atoms. The van der Waals surface area contributed by atoms with Crippen molar-refractivity contribution in [2.75, 3.05) is 30.4 Å². The average molecular weight is 264 g/mol. The van der Waals surface area contributed by atoms with E-state index in [4.69, 9.17) is 4.74 Å². The minimum absolute atomic E-state index is 0.409. The van der Waals surface area contributed by atoms with Crippen molar-refractivity contribution >= 4 is 11.8 Å². The van der Waals surface area contributed by atoms with Crippen LogP contribution in [0.4, 0.5) is 11.8 Å². The summed E-state index contributed by atoms with van der Waals surface area (Å²) in [5.41, 5.74) is 1.08. The van der Waals surface area contributed by atoms with Gasteiger partial charge in [-0.2, -0.15) is 4.98 Å². The Morgan fingerprint density at radius 3 is 2.84 bits per heavy atom. The number of rotatable bonds is 5. The van der Waals surface area contributed by atoms with E-state index in [1.165, 1.54) is 0 Å². The van der Waals surface area contributed by atoms with E-state index in [1.54, 1.807) is 0 Å². The highest BCUT2D eigenvalue weighted by atomic mass is 16.5. The molecule has 106 valence electrons. The maximum atomic E-state index is 5.41. The van der Waals surface area contributed by atoms with Crippen molar-refractivity contribution in [2.24, 2.45) is 5.92 Å². The van der Waals surface area contributed by atoms with Crippen molar-refractivity contribution in [3.63, 3.8) is 0 Å². The van der Waals surface area contributed by atoms with Crippen LogP contribution in [-0.4, -0.2) is 35.8 Å². The molecule has 1 atom stereocenters. The van der Waals surface area contributed by atoms with E-state index in [-0.39, 0.29) is 0 Å². The normalized spacial score (nSPS) is 18.1. The van der Waals surface area contributed by atoms with Crippen LogP contribution < -0.4 is 10.6 Å². The summed E-state index contributed by atoms with van der Waals surface area (Å²) in [4.78, 5) is 8.80. The van der Waals surface area contributed by atoms with E-state index in [9.17, 15) is 0 Å². The fourth-order valence-electron chi connectivity index (χ4n) is 2.38. The van der Waals surface area contributed by atoms with Gasteiger partial charge in [-0.3, -0.25) is 0 Å². The molecule has 1 aromatic rings. The van der Waals surface area contributed by atoms with Crippen LogP contribution in [0.2, 0.25) is 0 Å². The molecule has 1 aliphatic rings. The summed E-state index contributed by atoms with van der Waals surface area (Å²) in [6.07, 6.45) is 4.11. The number of aromatic nitrogens is 2. The maximum Gasteiger partial charge on any atom is 0.224 e. The van der Waals surface area contributed by atoms with Crippen LogP contribution >= 0.6 is 0 Å². The minimum Gasteiger partial charge on any atom is -0.381 e. The van der Waals surface area contributed by atoms with E-state index in [1.807, 2.05) is 20.0 Å². The molecule has 2 N–H and O–H groups in total. The van der Waals surface area contributed by atoms with Crippen molar-refractivity contribution in [1.29, 1.82) is 0 Å². The Bertz CT molecular complexity index is 404.